The zero-order chi connectivity index (χ0) is 30.3. The fraction of sp³-hybridized carbons (Fsp3) is 0.267. The molecule has 0 bridgehead atoms. The van der Waals surface area contributed by atoms with Crippen molar-refractivity contribution in [3.05, 3.63) is 101 Å². The van der Waals surface area contributed by atoms with Gasteiger partial charge in [0, 0.05) is 36.6 Å². The molecule has 1 unspecified atom stereocenters. The fourth-order valence-electron chi connectivity index (χ4n) is 4.15. The van der Waals surface area contributed by atoms with E-state index in [1.807, 2.05) is 31.2 Å². The van der Waals surface area contributed by atoms with Gasteiger partial charge in [-0.3, -0.25) is 9.69 Å². The highest BCUT2D eigenvalue weighted by atomic mass is 19.4. The summed E-state index contributed by atoms with van der Waals surface area (Å²) in [5.74, 6) is 0.957. The maximum atomic E-state index is 13.1. The van der Waals surface area contributed by atoms with Gasteiger partial charge in [0.2, 0.25) is 0 Å². The molecule has 1 aliphatic carbocycles. The predicted octanol–water partition coefficient (Wildman–Crippen LogP) is 5.54. The number of aromatic nitrogens is 2. The van der Waals surface area contributed by atoms with Crippen molar-refractivity contribution < 1.29 is 27.5 Å². The Hall–Kier alpha value is -4.87. The maximum Gasteiger partial charge on any atom is 0.416 e. The van der Waals surface area contributed by atoms with Gasteiger partial charge in [-0.25, -0.2) is 14.8 Å². The Morgan fingerprint density at radius 1 is 1.07 bits per heavy atom. The van der Waals surface area contributed by atoms with E-state index in [0.29, 0.717) is 36.0 Å². The van der Waals surface area contributed by atoms with Gasteiger partial charge in [0.05, 0.1) is 12.7 Å². The highest BCUT2D eigenvalue weighted by molar-refractivity contribution is 5.96. The first-order valence-electron chi connectivity index (χ1n) is 13.2. The largest absolute Gasteiger partial charge is 0.497 e. The normalized spacial score (nSPS) is 14.8. The van der Waals surface area contributed by atoms with Gasteiger partial charge in [-0.05, 0) is 60.7 Å². The van der Waals surface area contributed by atoms with Crippen molar-refractivity contribution in [1.82, 2.24) is 20.6 Å². The second-order valence-corrected chi connectivity index (χ2v) is 9.70. The average Bonchev–Trinajstić information content (AvgIpc) is 2.98. The van der Waals surface area contributed by atoms with Crippen LogP contribution in [-0.2, 0) is 12.6 Å². The van der Waals surface area contributed by atoms with E-state index in [0.717, 1.165) is 29.9 Å². The van der Waals surface area contributed by atoms with Crippen molar-refractivity contribution in [3.63, 3.8) is 0 Å². The molecule has 220 valence electrons. The number of rotatable bonds is 9. The summed E-state index contributed by atoms with van der Waals surface area (Å²) < 4.78 is 44.3. The number of ether oxygens (including phenoxy) is 1. The van der Waals surface area contributed by atoms with E-state index in [2.05, 4.69) is 25.9 Å². The Morgan fingerprint density at radius 2 is 1.83 bits per heavy atom. The summed E-state index contributed by atoms with van der Waals surface area (Å²) in [4.78, 5) is 35.5. The SMILES string of the molecule is COc1ccc(CCNc2cc(N(C)C(=O)NC3=CC(NC(=O)c4cccc(C(F)(F)F)c4)=CCC3C)ncn2)cc1. The highest BCUT2D eigenvalue weighted by Gasteiger charge is 2.31. The molecule has 0 saturated heterocycles. The van der Waals surface area contributed by atoms with E-state index < -0.39 is 23.7 Å². The Balaban J connectivity index is 1.35. The van der Waals surface area contributed by atoms with Gasteiger partial charge in [-0.15, -0.1) is 0 Å². The molecule has 4 rings (SSSR count). The lowest BCUT2D eigenvalue weighted by Gasteiger charge is -2.24. The summed E-state index contributed by atoms with van der Waals surface area (Å²) in [5, 5.41) is 8.70. The molecule has 3 N–H and O–H groups in total. The monoisotopic (exact) mass is 580 g/mol. The van der Waals surface area contributed by atoms with Gasteiger partial charge >= 0.3 is 12.2 Å². The van der Waals surface area contributed by atoms with Gasteiger partial charge in [-0.1, -0.05) is 31.2 Å². The molecule has 1 atom stereocenters. The van der Waals surface area contributed by atoms with E-state index in [1.54, 1.807) is 32.4 Å². The number of urea groups is 1. The molecule has 9 nitrogen and oxygen atoms in total. The zero-order valence-corrected chi connectivity index (χ0v) is 23.3. The second kappa shape index (κ2) is 13.2. The number of nitrogens with one attached hydrogen (secondary N) is 3. The second-order valence-electron chi connectivity index (χ2n) is 9.70. The molecule has 1 aliphatic rings. The number of carbonyl (C=O) groups is 2. The fourth-order valence-corrected chi connectivity index (χ4v) is 4.15. The van der Waals surface area contributed by atoms with Gasteiger partial charge in [-0.2, -0.15) is 13.2 Å². The topological polar surface area (TPSA) is 108 Å². The van der Waals surface area contributed by atoms with Crippen LogP contribution in [0.25, 0.3) is 0 Å². The molecule has 0 spiro atoms. The third-order valence-corrected chi connectivity index (χ3v) is 6.67. The van der Waals surface area contributed by atoms with E-state index in [-0.39, 0.29) is 11.5 Å². The van der Waals surface area contributed by atoms with Crippen molar-refractivity contribution in [1.29, 1.82) is 0 Å². The van der Waals surface area contributed by atoms with Crippen LogP contribution in [0.4, 0.5) is 29.6 Å². The number of alkyl halides is 3. The average molecular weight is 581 g/mol. The van der Waals surface area contributed by atoms with Crippen LogP contribution in [0.3, 0.4) is 0 Å². The third-order valence-electron chi connectivity index (χ3n) is 6.67. The van der Waals surface area contributed by atoms with E-state index in [4.69, 9.17) is 4.74 Å². The van der Waals surface area contributed by atoms with E-state index in [9.17, 15) is 22.8 Å². The molecule has 0 fully saturated rings. The number of anilines is 2. The summed E-state index contributed by atoms with van der Waals surface area (Å²) in [7, 11) is 3.19. The number of nitrogens with zero attached hydrogens (tertiary/aromatic N) is 3. The summed E-state index contributed by atoms with van der Waals surface area (Å²) in [6.45, 7) is 2.52. The maximum absolute atomic E-state index is 13.1. The van der Waals surface area contributed by atoms with Crippen molar-refractivity contribution >= 4 is 23.6 Å². The van der Waals surface area contributed by atoms with Crippen molar-refractivity contribution in [2.75, 3.05) is 30.9 Å². The number of hydrogen-bond acceptors (Lipinski definition) is 6. The summed E-state index contributed by atoms with van der Waals surface area (Å²) >= 11 is 0. The van der Waals surface area contributed by atoms with Crippen molar-refractivity contribution in [3.8, 4) is 5.75 Å². The van der Waals surface area contributed by atoms with E-state index >= 15 is 0 Å². The standard InChI is InChI=1S/C30H31F3N6O3/c1-19-7-10-23(37-28(40)21-5-4-6-22(15-21)30(31,32)33)16-25(19)38-29(41)39(2)27-17-26(35-18-36-27)34-14-13-20-8-11-24(42-3)12-9-20/h4-6,8-12,15-19H,7,13-14H2,1-3H3,(H,37,40)(H,38,41)(H,34,35,36). The summed E-state index contributed by atoms with van der Waals surface area (Å²) in [6.07, 6.45) is 1.41. The molecule has 3 amide bonds. The van der Waals surface area contributed by atoms with Crippen LogP contribution in [0.1, 0.15) is 34.8 Å². The lowest BCUT2D eigenvalue weighted by molar-refractivity contribution is -0.137. The number of hydrogen-bond donors (Lipinski definition) is 3. The number of methoxy groups -OCH3 is 1. The van der Waals surface area contributed by atoms with E-state index in [1.165, 1.54) is 23.4 Å². The molecule has 2 aromatic carbocycles. The molecular formula is C30H31F3N6O3. The summed E-state index contributed by atoms with van der Waals surface area (Å²) in [5.41, 5.74) is 1.01. The first kappa shape index (κ1) is 30.1. The van der Waals surface area contributed by atoms with Crippen molar-refractivity contribution in [2.24, 2.45) is 5.92 Å². The number of amides is 3. The Labute approximate surface area is 241 Å². The minimum atomic E-state index is -4.56. The third kappa shape index (κ3) is 7.87. The molecule has 42 heavy (non-hydrogen) atoms. The van der Waals surface area contributed by atoms with Crippen LogP contribution in [0, 0.1) is 5.92 Å². The lowest BCUT2D eigenvalue weighted by atomic mass is 9.97. The quantitative estimate of drug-likeness (QED) is 0.307. The first-order valence-corrected chi connectivity index (χ1v) is 13.2. The van der Waals surface area contributed by atoms with Gasteiger partial charge in [0.15, 0.2) is 0 Å². The molecule has 0 radical (unpaired) electrons. The predicted molar refractivity (Wildman–Crippen MR) is 153 cm³/mol. The zero-order valence-electron chi connectivity index (χ0n) is 23.3. The molecule has 1 aromatic heterocycles. The van der Waals surface area contributed by atoms with Crippen LogP contribution in [-0.4, -0.2) is 42.6 Å². The Morgan fingerprint density at radius 3 is 2.55 bits per heavy atom. The number of allylic oxidation sites excluding steroid dienone is 3. The van der Waals surface area contributed by atoms with Crippen LogP contribution in [0.15, 0.2) is 84.5 Å². The number of carbonyl (C=O) groups excluding carboxylic acids is 2. The van der Waals surface area contributed by atoms with Crippen LogP contribution < -0.4 is 25.6 Å². The van der Waals surface area contributed by atoms with Gasteiger partial charge in [0.1, 0.15) is 23.7 Å². The molecule has 0 aliphatic heterocycles. The number of halogens is 3. The first-order chi connectivity index (χ1) is 20.0. The van der Waals surface area contributed by atoms with Crippen LogP contribution in [0.5, 0.6) is 5.75 Å². The molecule has 12 heteroatoms. The molecule has 0 saturated carbocycles. The van der Waals surface area contributed by atoms with Crippen LogP contribution in [0.2, 0.25) is 0 Å². The van der Waals surface area contributed by atoms with Gasteiger partial charge in [0.25, 0.3) is 5.91 Å². The Kier molecular flexibility index (Phi) is 9.46. The Bertz CT molecular complexity index is 1490. The van der Waals surface area contributed by atoms with Crippen LogP contribution >= 0.6 is 0 Å². The van der Waals surface area contributed by atoms with Gasteiger partial charge < -0.3 is 20.7 Å². The van der Waals surface area contributed by atoms with Crippen molar-refractivity contribution in [2.45, 2.75) is 25.9 Å². The minimum absolute atomic E-state index is 0.0721. The summed E-state index contributed by atoms with van der Waals surface area (Å²) in [6, 6.07) is 13.2. The lowest BCUT2D eigenvalue weighted by Crippen LogP contribution is -2.39. The smallest absolute Gasteiger partial charge is 0.416 e. The molecular weight excluding hydrogens is 549 g/mol. The number of benzene rings is 2. The molecule has 1 heterocycles. The molecule has 3 aromatic rings. The minimum Gasteiger partial charge on any atom is -0.497 e. The highest BCUT2D eigenvalue weighted by Crippen LogP contribution is 2.30.